The second-order valence-electron chi connectivity index (χ2n) is 7.11. The van der Waals surface area contributed by atoms with E-state index in [-0.39, 0.29) is 17.3 Å². The number of halogens is 1. The number of carbonyl (C=O) groups is 1. The molecule has 10 heteroatoms. The van der Waals surface area contributed by atoms with Crippen molar-refractivity contribution in [1.29, 1.82) is 0 Å². The predicted molar refractivity (Wildman–Crippen MR) is 127 cm³/mol. The Morgan fingerprint density at radius 3 is 2.41 bits per heavy atom. The first-order valence-electron chi connectivity index (χ1n) is 9.57. The first-order chi connectivity index (χ1) is 15.3. The third-order valence-electron chi connectivity index (χ3n) is 4.76. The highest BCUT2D eigenvalue weighted by atomic mass is 35.5. The fourth-order valence-electron chi connectivity index (χ4n) is 3.03. The van der Waals surface area contributed by atoms with Gasteiger partial charge in [0.1, 0.15) is 5.52 Å². The Balaban J connectivity index is 1.74. The maximum atomic E-state index is 13.5. The number of amides is 1. The molecule has 7 nitrogen and oxygen atoms in total. The van der Waals surface area contributed by atoms with Gasteiger partial charge in [0.2, 0.25) is 10.0 Å². The van der Waals surface area contributed by atoms with E-state index in [1.54, 1.807) is 18.3 Å². The van der Waals surface area contributed by atoms with Gasteiger partial charge in [0, 0.05) is 25.9 Å². The average Bonchev–Trinajstić information content (AvgIpc) is 3.23. The third kappa shape index (κ3) is 4.37. The van der Waals surface area contributed by atoms with Gasteiger partial charge in [0.25, 0.3) is 5.91 Å². The van der Waals surface area contributed by atoms with Gasteiger partial charge in [-0.2, -0.15) is 0 Å². The molecular weight excluding hydrogens is 468 g/mol. The van der Waals surface area contributed by atoms with Gasteiger partial charge < -0.3 is 0 Å². The Bertz CT molecular complexity index is 1370. The molecule has 2 aromatic heterocycles. The molecule has 164 valence electrons. The normalized spacial score (nSPS) is 11.8. The summed E-state index contributed by atoms with van der Waals surface area (Å²) in [6.07, 6.45) is 1.66. The molecule has 2 aromatic carbocycles. The van der Waals surface area contributed by atoms with Gasteiger partial charge in [-0.3, -0.25) is 14.7 Å². The van der Waals surface area contributed by atoms with Crippen molar-refractivity contribution in [2.75, 3.05) is 19.0 Å². The van der Waals surface area contributed by atoms with Gasteiger partial charge in [-0.05, 0) is 48.5 Å². The highest BCUT2D eigenvalue weighted by Crippen LogP contribution is 2.34. The van der Waals surface area contributed by atoms with Crippen molar-refractivity contribution in [3.8, 4) is 0 Å². The van der Waals surface area contributed by atoms with E-state index >= 15 is 0 Å². The quantitative estimate of drug-likeness (QED) is 0.402. The molecule has 0 saturated carbocycles. The highest BCUT2D eigenvalue weighted by molar-refractivity contribution is 7.89. The fourth-order valence-corrected chi connectivity index (χ4v) is 5.20. The zero-order valence-corrected chi connectivity index (χ0v) is 19.7. The van der Waals surface area contributed by atoms with E-state index in [1.165, 1.54) is 54.6 Å². The third-order valence-corrected chi connectivity index (χ3v) is 7.94. The minimum absolute atomic E-state index is 0.113. The molecule has 0 N–H and O–H groups in total. The number of pyridine rings is 1. The minimum Gasteiger partial charge on any atom is -0.278 e. The molecule has 0 spiro atoms. The van der Waals surface area contributed by atoms with Crippen molar-refractivity contribution < 1.29 is 13.2 Å². The molecule has 0 atom stereocenters. The van der Waals surface area contributed by atoms with Crippen molar-refractivity contribution in [3.05, 3.63) is 83.1 Å². The van der Waals surface area contributed by atoms with Gasteiger partial charge in [0.15, 0.2) is 5.13 Å². The van der Waals surface area contributed by atoms with Gasteiger partial charge >= 0.3 is 0 Å². The maximum absolute atomic E-state index is 13.5. The van der Waals surface area contributed by atoms with Gasteiger partial charge in [0.05, 0.1) is 26.9 Å². The smallest absolute Gasteiger partial charge is 0.260 e. The molecule has 0 aliphatic rings. The lowest BCUT2D eigenvalue weighted by Gasteiger charge is -2.20. The van der Waals surface area contributed by atoms with Crippen LogP contribution in [0.5, 0.6) is 0 Å². The second-order valence-corrected chi connectivity index (χ2v) is 10.7. The molecule has 4 aromatic rings. The standard InChI is InChI=1S/C22H19ClN4O3S2/c1-26(2)32(29,30)17-11-9-15(10-12-17)21(28)27(14-16-6-3-4-13-24-16)22-25-20-18(23)7-5-8-19(20)31-22/h3-13H,14H2,1-2H3. The summed E-state index contributed by atoms with van der Waals surface area (Å²) >= 11 is 7.64. The number of hydrogen-bond acceptors (Lipinski definition) is 6. The molecule has 4 rings (SSSR count). The summed E-state index contributed by atoms with van der Waals surface area (Å²) in [6.45, 7) is 0.203. The molecule has 2 heterocycles. The van der Waals surface area contributed by atoms with Crippen LogP contribution in [0.2, 0.25) is 5.02 Å². The molecule has 0 aliphatic carbocycles. The molecule has 0 bridgehead atoms. The first kappa shape index (κ1) is 22.3. The van der Waals surface area contributed by atoms with Crippen LogP contribution < -0.4 is 4.90 Å². The van der Waals surface area contributed by atoms with Crippen molar-refractivity contribution in [2.45, 2.75) is 11.4 Å². The van der Waals surface area contributed by atoms with Crippen molar-refractivity contribution in [1.82, 2.24) is 14.3 Å². The number of para-hydroxylation sites is 1. The van der Waals surface area contributed by atoms with Gasteiger partial charge in [-0.15, -0.1) is 0 Å². The average molecular weight is 487 g/mol. The lowest BCUT2D eigenvalue weighted by molar-refractivity contribution is 0.0984. The maximum Gasteiger partial charge on any atom is 0.260 e. The van der Waals surface area contributed by atoms with E-state index in [0.717, 1.165) is 9.01 Å². The summed E-state index contributed by atoms with van der Waals surface area (Å²) in [5.74, 6) is -0.320. The Morgan fingerprint density at radius 2 is 1.78 bits per heavy atom. The number of nitrogens with zero attached hydrogens (tertiary/aromatic N) is 4. The van der Waals surface area contributed by atoms with Gasteiger partial charge in [-0.1, -0.05) is 35.1 Å². The number of benzene rings is 2. The zero-order valence-electron chi connectivity index (χ0n) is 17.3. The van der Waals surface area contributed by atoms with Crippen LogP contribution in [0.1, 0.15) is 16.1 Å². The van der Waals surface area contributed by atoms with Crippen LogP contribution in [0.3, 0.4) is 0 Å². The highest BCUT2D eigenvalue weighted by Gasteiger charge is 2.24. The van der Waals surface area contributed by atoms with Crippen molar-refractivity contribution >= 4 is 54.2 Å². The molecule has 0 fully saturated rings. The van der Waals surface area contributed by atoms with Crippen LogP contribution in [0.4, 0.5) is 5.13 Å². The number of carbonyl (C=O) groups excluding carboxylic acids is 1. The Kier molecular flexibility index (Phi) is 6.25. The number of aromatic nitrogens is 2. The Labute approximate surface area is 195 Å². The fraction of sp³-hybridized carbons (Fsp3) is 0.136. The molecule has 0 unspecified atom stereocenters. The number of thiazole rings is 1. The SMILES string of the molecule is CN(C)S(=O)(=O)c1ccc(C(=O)N(Cc2ccccn2)c2nc3c(Cl)cccc3s2)cc1. The molecular formula is C22H19ClN4O3S2. The summed E-state index contributed by atoms with van der Waals surface area (Å²) in [6, 6.07) is 16.8. The van der Waals surface area contributed by atoms with Crippen LogP contribution in [0.15, 0.2) is 71.8 Å². The van der Waals surface area contributed by atoms with E-state index in [4.69, 9.17) is 11.6 Å². The number of anilines is 1. The largest absolute Gasteiger partial charge is 0.278 e. The number of rotatable bonds is 6. The van der Waals surface area contributed by atoms with E-state index in [2.05, 4.69) is 9.97 Å². The van der Waals surface area contributed by atoms with Crippen molar-refractivity contribution in [3.63, 3.8) is 0 Å². The lowest BCUT2D eigenvalue weighted by atomic mass is 10.2. The molecule has 32 heavy (non-hydrogen) atoms. The summed E-state index contributed by atoms with van der Waals surface area (Å²) in [7, 11) is -0.670. The van der Waals surface area contributed by atoms with Crippen molar-refractivity contribution in [2.24, 2.45) is 0 Å². The lowest BCUT2D eigenvalue weighted by Crippen LogP contribution is -2.30. The Morgan fingerprint density at radius 1 is 1.03 bits per heavy atom. The van der Waals surface area contributed by atoms with Crippen LogP contribution in [0.25, 0.3) is 10.2 Å². The summed E-state index contributed by atoms with van der Waals surface area (Å²) in [5, 5.41) is 0.988. The van der Waals surface area contributed by atoms with E-state index in [0.29, 0.717) is 26.9 Å². The zero-order chi connectivity index (χ0) is 22.9. The van der Waals surface area contributed by atoms with E-state index in [1.807, 2.05) is 24.3 Å². The molecule has 0 radical (unpaired) electrons. The molecule has 0 saturated heterocycles. The van der Waals surface area contributed by atoms with Crippen LogP contribution in [0, 0.1) is 0 Å². The van der Waals surface area contributed by atoms with Crippen LogP contribution in [-0.4, -0.2) is 42.7 Å². The predicted octanol–water partition coefficient (Wildman–Crippen LogP) is 4.44. The molecule has 0 aliphatic heterocycles. The minimum atomic E-state index is -3.59. The molecule has 1 amide bonds. The topological polar surface area (TPSA) is 83.5 Å². The van der Waals surface area contributed by atoms with Crippen LogP contribution in [-0.2, 0) is 16.6 Å². The van der Waals surface area contributed by atoms with E-state index in [9.17, 15) is 13.2 Å². The van der Waals surface area contributed by atoms with Gasteiger partial charge in [-0.25, -0.2) is 17.7 Å². The summed E-state index contributed by atoms with van der Waals surface area (Å²) in [4.78, 5) is 24.0. The number of sulfonamides is 1. The first-order valence-corrected chi connectivity index (χ1v) is 12.2. The van der Waals surface area contributed by atoms with Crippen LogP contribution >= 0.6 is 22.9 Å². The summed E-state index contributed by atoms with van der Waals surface area (Å²) < 4.78 is 26.7. The summed E-state index contributed by atoms with van der Waals surface area (Å²) in [5.41, 5.74) is 1.66. The monoisotopic (exact) mass is 486 g/mol. The second kappa shape index (κ2) is 8.95. The number of hydrogen-bond donors (Lipinski definition) is 0. The number of fused-ring (bicyclic) bond motifs is 1. The Hall–Kier alpha value is -2.85. The van der Waals surface area contributed by atoms with E-state index < -0.39 is 10.0 Å².